The van der Waals surface area contributed by atoms with Gasteiger partial charge in [-0.1, -0.05) is 18.2 Å². The zero-order valence-corrected chi connectivity index (χ0v) is 21.6. The number of thiocarbonyl (C=S) groups is 1. The molecule has 1 amide bonds. The molecule has 0 spiro atoms. The van der Waals surface area contributed by atoms with Crippen LogP contribution in [0.15, 0.2) is 85.2 Å². The highest BCUT2D eigenvalue weighted by molar-refractivity contribution is 7.80. The number of aromatic hydroxyl groups is 1. The fourth-order valence-corrected chi connectivity index (χ4v) is 5.09. The van der Waals surface area contributed by atoms with Crippen molar-refractivity contribution in [3.05, 3.63) is 108 Å². The van der Waals surface area contributed by atoms with Crippen LogP contribution in [0.5, 0.6) is 5.75 Å². The molecule has 1 aliphatic heterocycles. The number of pyridine rings is 1. The maximum atomic E-state index is 13.0. The number of carbonyl (C=O) groups is 1. The van der Waals surface area contributed by atoms with E-state index in [1.807, 2.05) is 74.6 Å². The Morgan fingerprint density at radius 1 is 1.08 bits per heavy atom. The van der Waals surface area contributed by atoms with E-state index >= 15 is 0 Å². The van der Waals surface area contributed by atoms with Crippen LogP contribution in [0.1, 0.15) is 41.0 Å². The number of benzene rings is 2. The topological polar surface area (TPSA) is 82.4 Å². The lowest BCUT2D eigenvalue weighted by Crippen LogP contribution is -2.33. The SMILES string of the molecule is Cc1ccc(C)c(NC(=O)CCN2C(=S)N[C@H](c3ccccn3)[C@H]2c2cccn2-c2ccc(O)cc2)c1. The number of hydrogen-bond acceptors (Lipinski definition) is 4. The predicted molar refractivity (Wildman–Crippen MR) is 149 cm³/mol. The first-order valence-corrected chi connectivity index (χ1v) is 12.6. The molecule has 0 aliphatic carbocycles. The minimum atomic E-state index is -0.195. The van der Waals surface area contributed by atoms with Crippen molar-refractivity contribution >= 4 is 28.9 Å². The predicted octanol–water partition coefficient (Wildman–Crippen LogP) is 5.20. The number of carbonyl (C=O) groups excluding carboxylic acids is 1. The molecular formula is C29H29N5O2S. The Morgan fingerprint density at radius 2 is 1.89 bits per heavy atom. The van der Waals surface area contributed by atoms with Gasteiger partial charge in [-0.2, -0.15) is 0 Å². The second-order valence-corrected chi connectivity index (χ2v) is 9.64. The molecule has 7 nitrogen and oxygen atoms in total. The minimum absolute atomic E-state index is 0.0644. The number of aryl methyl sites for hydroxylation is 2. The lowest BCUT2D eigenvalue weighted by molar-refractivity contribution is -0.116. The van der Waals surface area contributed by atoms with Crippen molar-refractivity contribution in [3.8, 4) is 11.4 Å². The molecule has 1 fully saturated rings. The maximum Gasteiger partial charge on any atom is 0.226 e. The molecule has 8 heteroatoms. The zero-order chi connectivity index (χ0) is 25.9. The number of phenols is 1. The fourth-order valence-electron chi connectivity index (χ4n) is 4.76. The molecule has 2 aromatic carbocycles. The summed E-state index contributed by atoms with van der Waals surface area (Å²) in [6, 6.07) is 22.6. The summed E-state index contributed by atoms with van der Waals surface area (Å²) < 4.78 is 2.08. The maximum absolute atomic E-state index is 13.0. The van der Waals surface area contributed by atoms with Crippen molar-refractivity contribution < 1.29 is 9.90 Å². The normalized spacial score (nSPS) is 17.0. The number of anilines is 1. The summed E-state index contributed by atoms with van der Waals surface area (Å²) in [5, 5.41) is 16.9. The highest BCUT2D eigenvalue weighted by atomic mass is 32.1. The number of amides is 1. The summed E-state index contributed by atoms with van der Waals surface area (Å²) in [5.41, 5.74) is 5.75. The molecule has 0 unspecified atom stereocenters. The van der Waals surface area contributed by atoms with Gasteiger partial charge in [0.2, 0.25) is 5.91 Å². The minimum Gasteiger partial charge on any atom is -0.508 e. The average Bonchev–Trinajstić information content (AvgIpc) is 3.50. The van der Waals surface area contributed by atoms with Crippen molar-refractivity contribution in [3.63, 3.8) is 0 Å². The average molecular weight is 512 g/mol. The molecule has 1 saturated heterocycles. The summed E-state index contributed by atoms with van der Waals surface area (Å²) in [7, 11) is 0. The van der Waals surface area contributed by atoms with Crippen LogP contribution in [0.3, 0.4) is 0 Å². The van der Waals surface area contributed by atoms with Gasteiger partial charge in [-0.05, 0) is 91.8 Å². The molecule has 0 bridgehead atoms. The van der Waals surface area contributed by atoms with Crippen molar-refractivity contribution in [2.75, 3.05) is 11.9 Å². The van der Waals surface area contributed by atoms with Gasteiger partial charge >= 0.3 is 0 Å². The van der Waals surface area contributed by atoms with E-state index in [1.54, 1.807) is 18.3 Å². The molecule has 2 aromatic heterocycles. The Balaban J connectivity index is 1.44. The standard InChI is InChI=1S/C29H29N5O2S/c1-19-8-9-20(2)24(18-19)31-26(36)14-17-34-28(27(32-29(34)37)23-6-3-4-15-30-23)25-7-5-16-33(25)21-10-12-22(35)13-11-21/h3-13,15-16,18,27-28,35H,14,17H2,1-2H3,(H,31,36)(H,32,37)/t27-,28-/m1/s1. The van der Waals surface area contributed by atoms with Gasteiger partial charge in [0.1, 0.15) is 5.75 Å². The van der Waals surface area contributed by atoms with Crippen LogP contribution in [0.2, 0.25) is 0 Å². The molecule has 188 valence electrons. The first-order valence-electron chi connectivity index (χ1n) is 12.2. The van der Waals surface area contributed by atoms with Gasteiger partial charge in [0, 0.05) is 42.4 Å². The van der Waals surface area contributed by atoms with Crippen molar-refractivity contribution in [2.24, 2.45) is 0 Å². The van der Waals surface area contributed by atoms with Crippen LogP contribution >= 0.6 is 12.2 Å². The van der Waals surface area contributed by atoms with Gasteiger partial charge in [0.25, 0.3) is 0 Å². The first-order chi connectivity index (χ1) is 17.9. The van der Waals surface area contributed by atoms with Gasteiger partial charge in [-0.15, -0.1) is 0 Å². The van der Waals surface area contributed by atoms with E-state index in [4.69, 9.17) is 12.2 Å². The van der Waals surface area contributed by atoms with Gasteiger partial charge in [0.15, 0.2) is 5.11 Å². The molecule has 1 aliphatic rings. The summed E-state index contributed by atoms with van der Waals surface area (Å²) in [6.45, 7) is 4.44. The number of hydrogen-bond donors (Lipinski definition) is 3. The Morgan fingerprint density at radius 3 is 2.65 bits per heavy atom. The second kappa shape index (κ2) is 10.4. The molecule has 4 aromatic rings. The number of nitrogens with zero attached hydrogens (tertiary/aromatic N) is 3. The summed E-state index contributed by atoms with van der Waals surface area (Å²) in [5.74, 6) is 0.148. The Bertz CT molecular complexity index is 1420. The molecule has 2 atom stereocenters. The van der Waals surface area contributed by atoms with E-state index in [0.29, 0.717) is 11.7 Å². The van der Waals surface area contributed by atoms with E-state index < -0.39 is 0 Å². The monoisotopic (exact) mass is 511 g/mol. The number of aromatic nitrogens is 2. The fraction of sp³-hybridized carbons (Fsp3) is 0.207. The Labute approximate surface area is 221 Å². The van der Waals surface area contributed by atoms with E-state index in [2.05, 4.69) is 31.2 Å². The van der Waals surface area contributed by atoms with E-state index in [1.165, 1.54) is 0 Å². The summed E-state index contributed by atoms with van der Waals surface area (Å²) in [4.78, 5) is 19.6. The lowest BCUT2D eigenvalue weighted by Gasteiger charge is -2.29. The van der Waals surface area contributed by atoms with E-state index in [9.17, 15) is 9.90 Å². The highest BCUT2D eigenvalue weighted by Crippen LogP contribution is 2.39. The van der Waals surface area contributed by atoms with Crippen LogP contribution in [-0.4, -0.2) is 37.1 Å². The Kier molecular flexibility index (Phi) is 6.92. The number of nitrogens with one attached hydrogen (secondary N) is 2. The van der Waals surface area contributed by atoms with E-state index in [0.717, 1.165) is 33.9 Å². The third-order valence-corrected chi connectivity index (χ3v) is 7.01. The second-order valence-electron chi connectivity index (χ2n) is 9.26. The van der Waals surface area contributed by atoms with Crippen molar-refractivity contribution in [1.82, 2.24) is 19.8 Å². The number of phenolic OH excluding ortho intramolecular Hbond substituents is 1. The third kappa shape index (κ3) is 5.20. The quantitative estimate of drug-likeness (QED) is 0.296. The summed E-state index contributed by atoms with van der Waals surface area (Å²) in [6.07, 6.45) is 4.04. The van der Waals surface area contributed by atoms with Crippen LogP contribution in [0, 0.1) is 13.8 Å². The van der Waals surface area contributed by atoms with Crippen LogP contribution in [0.4, 0.5) is 5.69 Å². The van der Waals surface area contributed by atoms with Crippen molar-refractivity contribution in [1.29, 1.82) is 0 Å². The first kappa shape index (κ1) is 24.5. The third-order valence-electron chi connectivity index (χ3n) is 6.66. The van der Waals surface area contributed by atoms with Crippen LogP contribution in [-0.2, 0) is 4.79 Å². The number of rotatable bonds is 7. The molecule has 0 radical (unpaired) electrons. The molecule has 37 heavy (non-hydrogen) atoms. The zero-order valence-electron chi connectivity index (χ0n) is 20.8. The van der Waals surface area contributed by atoms with Gasteiger partial charge < -0.3 is 25.2 Å². The van der Waals surface area contributed by atoms with E-state index in [-0.39, 0.29) is 30.2 Å². The van der Waals surface area contributed by atoms with Gasteiger partial charge in [0.05, 0.1) is 17.8 Å². The van der Waals surface area contributed by atoms with Crippen LogP contribution < -0.4 is 10.6 Å². The summed E-state index contributed by atoms with van der Waals surface area (Å²) >= 11 is 5.78. The molecule has 3 N–H and O–H groups in total. The molecular weight excluding hydrogens is 482 g/mol. The molecule has 5 rings (SSSR count). The highest BCUT2D eigenvalue weighted by Gasteiger charge is 2.41. The molecule has 0 saturated carbocycles. The van der Waals surface area contributed by atoms with Crippen LogP contribution in [0.25, 0.3) is 5.69 Å². The smallest absolute Gasteiger partial charge is 0.226 e. The largest absolute Gasteiger partial charge is 0.508 e. The molecule has 3 heterocycles. The van der Waals surface area contributed by atoms with Crippen molar-refractivity contribution in [2.45, 2.75) is 32.4 Å². The Hall–Kier alpha value is -4.17. The van der Waals surface area contributed by atoms with Gasteiger partial charge in [-0.3, -0.25) is 9.78 Å². The lowest BCUT2D eigenvalue weighted by atomic mass is 10.0. The van der Waals surface area contributed by atoms with Gasteiger partial charge in [-0.25, -0.2) is 0 Å².